The van der Waals surface area contributed by atoms with Gasteiger partial charge in [0.05, 0.1) is 11.3 Å². The van der Waals surface area contributed by atoms with Crippen molar-refractivity contribution in [3.05, 3.63) is 64.2 Å². The Morgan fingerprint density at radius 3 is 2.43 bits per heavy atom. The first-order valence-electron chi connectivity index (χ1n) is 7.22. The first-order valence-corrected chi connectivity index (χ1v) is 9.28. The average Bonchev–Trinajstić information content (AvgIpc) is 2.42. The third-order valence-corrected chi connectivity index (χ3v) is 4.42. The van der Waals surface area contributed by atoms with Crippen molar-refractivity contribution in [2.75, 3.05) is 6.26 Å². The van der Waals surface area contributed by atoms with E-state index in [4.69, 9.17) is 4.74 Å². The van der Waals surface area contributed by atoms with Gasteiger partial charge in [-0.15, -0.1) is 0 Å². The summed E-state index contributed by atoms with van der Waals surface area (Å²) in [6.45, 7) is 5.81. The van der Waals surface area contributed by atoms with Crippen LogP contribution < -0.4 is 4.74 Å². The summed E-state index contributed by atoms with van der Waals surface area (Å²) in [5, 5.41) is 0. The number of carbonyl (C=O) groups excluding carboxylic acids is 1. The van der Waals surface area contributed by atoms with Gasteiger partial charge in [-0.1, -0.05) is 18.2 Å². The van der Waals surface area contributed by atoms with Gasteiger partial charge in [-0.2, -0.15) is 0 Å². The molecule has 0 heterocycles. The largest absolute Gasteiger partial charge is 0.423 e. The highest BCUT2D eigenvalue weighted by molar-refractivity contribution is 7.89. The molecular formula is C18H20O4S. The van der Waals surface area contributed by atoms with Crippen molar-refractivity contribution in [2.45, 2.75) is 26.5 Å². The molecule has 0 aromatic heterocycles. The van der Waals surface area contributed by atoms with Crippen LogP contribution in [-0.4, -0.2) is 20.6 Å². The molecule has 0 bridgehead atoms. The Kier molecular flexibility index (Phi) is 4.90. The van der Waals surface area contributed by atoms with Crippen LogP contribution in [0.1, 0.15) is 32.6 Å². The van der Waals surface area contributed by atoms with Gasteiger partial charge in [0.2, 0.25) is 0 Å². The van der Waals surface area contributed by atoms with E-state index in [9.17, 15) is 13.2 Å². The molecule has 0 aliphatic heterocycles. The van der Waals surface area contributed by atoms with E-state index >= 15 is 0 Å². The van der Waals surface area contributed by atoms with Crippen LogP contribution in [0.3, 0.4) is 0 Å². The standard InChI is InChI=1S/C18H20O4S/c1-12-8-13(2)14(3)17(9-12)22-18(19)16-7-5-6-15(10-16)11-23(4,20)21/h5-10H,11H2,1-4H3. The van der Waals surface area contributed by atoms with Crippen LogP contribution in [0.25, 0.3) is 0 Å². The lowest BCUT2D eigenvalue weighted by atomic mass is 10.1. The minimum atomic E-state index is -3.15. The van der Waals surface area contributed by atoms with Crippen LogP contribution in [0.4, 0.5) is 0 Å². The zero-order chi connectivity index (χ0) is 17.2. The highest BCUT2D eigenvalue weighted by Crippen LogP contribution is 2.24. The van der Waals surface area contributed by atoms with Gasteiger partial charge in [0, 0.05) is 6.26 Å². The third-order valence-electron chi connectivity index (χ3n) is 3.56. The number of benzene rings is 2. The lowest BCUT2D eigenvalue weighted by molar-refractivity contribution is 0.0733. The normalized spacial score (nSPS) is 11.3. The Morgan fingerprint density at radius 2 is 1.78 bits per heavy atom. The zero-order valence-electron chi connectivity index (χ0n) is 13.7. The van der Waals surface area contributed by atoms with E-state index in [2.05, 4.69) is 0 Å². The van der Waals surface area contributed by atoms with Crippen molar-refractivity contribution in [2.24, 2.45) is 0 Å². The molecule has 0 unspecified atom stereocenters. The van der Waals surface area contributed by atoms with Crippen molar-refractivity contribution in [1.82, 2.24) is 0 Å². The molecule has 0 amide bonds. The molecule has 0 radical (unpaired) electrons. The molecule has 23 heavy (non-hydrogen) atoms. The topological polar surface area (TPSA) is 60.4 Å². The number of hydrogen-bond acceptors (Lipinski definition) is 4. The number of esters is 1. The molecule has 0 fully saturated rings. The van der Waals surface area contributed by atoms with Gasteiger partial charge in [0.25, 0.3) is 0 Å². The molecule has 0 spiro atoms. The van der Waals surface area contributed by atoms with Crippen LogP contribution >= 0.6 is 0 Å². The Labute approximate surface area is 137 Å². The second-order valence-corrected chi connectivity index (χ2v) is 8.01. The fourth-order valence-corrected chi connectivity index (χ4v) is 3.14. The minimum absolute atomic E-state index is 0.100. The first-order chi connectivity index (χ1) is 10.7. The molecule has 0 saturated heterocycles. The van der Waals surface area contributed by atoms with E-state index in [0.717, 1.165) is 22.9 Å². The predicted molar refractivity (Wildman–Crippen MR) is 90.6 cm³/mol. The Bertz CT molecular complexity index is 851. The number of aryl methyl sites for hydroxylation is 2. The quantitative estimate of drug-likeness (QED) is 0.636. The molecule has 122 valence electrons. The van der Waals surface area contributed by atoms with Crippen molar-refractivity contribution < 1.29 is 17.9 Å². The first kappa shape index (κ1) is 17.2. The lowest BCUT2D eigenvalue weighted by Crippen LogP contribution is -2.11. The molecular weight excluding hydrogens is 312 g/mol. The van der Waals surface area contributed by atoms with E-state index in [1.54, 1.807) is 24.3 Å². The van der Waals surface area contributed by atoms with Crippen molar-refractivity contribution in [3.8, 4) is 5.75 Å². The molecule has 0 N–H and O–H groups in total. The Balaban J connectivity index is 2.27. The summed E-state index contributed by atoms with van der Waals surface area (Å²) in [6, 6.07) is 10.4. The Morgan fingerprint density at radius 1 is 1.09 bits per heavy atom. The molecule has 2 rings (SSSR count). The third kappa shape index (κ3) is 4.66. The van der Waals surface area contributed by atoms with Gasteiger partial charge >= 0.3 is 5.97 Å². The number of sulfone groups is 1. The number of rotatable bonds is 4. The fraction of sp³-hybridized carbons (Fsp3) is 0.278. The summed E-state index contributed by atoms with van der Waals surface area (Å²) < 4.78 is 28.2. The van der Waals surface area contributed by atoms with Crippen molar-refractivity contribution >= 4 is 15.8 Å². The van der Waals surface area contributed by atoms with Gasteiger partial charge in [0.15, 0.2) is 9.84 Å². The molecule has 0 saturated carbocycles. The number of hydrogen-bond donors (Lipinski definition) is 0. The SMILES string of the molecule is Cc1cc(C)c(C)c(OC(=O)c2cccc(CS(C)(=O)=O)c2)c1. The second-order valence-electron chi connectivity index (χ2n) is 5.86. The zero-order valence-corrected chi connectivity index (χ0v) is 14.5. The Hall–Kier alpha value is -2.14. The number of carbonyl (C=O) groups is 1. The van der Waals surface area contributed by atoms with Crippen LogP contribution in [0.15, 0.2) is 36.4 Å². The van der Waals surface area contributed by atoms with Gasteiger partial charge in [0.1, 0.15) is 5.75 Å². The van der Waals surface area contributed by atoms with Crippen molar-refractivity contribution in [3.63, 3.8) is 0 Å². The number of ether oxygens (including phenoxy) is 1. The summed E-state index contributed by atoms with van der Waals surface area (Å²) in [7, 11) is -3.15. The highest BCUT2D eigenvalue weighted by Gasteiger charge is 2.13. The molecule has 4 nitrogen and oxygen atoms in total. The van der Waals surface area contributed by atoms with E-state index in [1.165, 1.54) is 0 Å². The maximum Gasteiger partial charge on any atom is 0.343 e. The second kappa shape index (κ2) is 6.54. The van der Waals surface area contributed by atoms with Crippen LogP contribution in [0.5, 0.6) is 5.75 Å². The van der Waals surface area contributed by atoms with E-state index in [-0.39, 0.29) is 5.75 Å². The highest BCUT2D eigenvalue weighted by atomic mass is 32.2. The van der Waals surface area contributed by atoms with Gasteiger partial charge < -0.3 is 4.74 Å². The average molecular weight is 332 g/mol. The van der Waals surface area contributed by atoms with E-state index in [1.807, 2.05) is 32.9 Å². The molecule has 2 aromatic rings. The molecule has 0 aliphatic rings. The molecule has 0 aliphatic carbocycles. The maximum atomic E-state index is 12.3. The van der Waals surface area contributed by atoms with Crippen LogP contribution in [0.2, 0.25) is 0 Å². The maximum absolute atomic E-state index is 12.3. The van der Waals surface area contributed by atoms with Gasteiger partial charge in [-0.05, 0) is 61.2 Å². The predicted octanol–water partition coefficient (Wildman–Crippen LogP) is 3.38. The summed E-state index contributed by atoms with van der Waals surface area (Å²) in [5.74, 6) is -0.0640. The lowest BCUT2D eigenvalue weighted by Gasteiger charge is -2.11. The van der Waals surface area contributed by atoms with E-state index < -0.39 is 15.8 Å². The fourth-order valence-electron chi connectivity index (χ4n) is 2.36. The van der Waals surface area contributed by atoms with Crippen LogP contribution in [0, 0.1) is 20.8 Å². The summed E-state index contributed by atoms with van der Waals surface area (Å²) in [5.41, 5.74) is 3.89. The molecule has 2 aromatic carbocycles. The van der Waals surface area contributed by atoms with Gasteiger partial charge in [-0.25, -0.2) is 13.2 Å². The van der Waals surface area contributed by atoms with Crippen molar-refractivity contribution in [1.29, 1.82) is 0 Å². The minimum Gasteiger partial charge on any atom is -0.423 e. The summed E-state index contributed by atoms with van der Waals surface area (Å²) in [6.07, 6.45) is 1.16. The van der Waals surface area contributed by atoms with E-state index in [0.29, 0.717) is 16.9 Å². The van der Waals surface area contributed by atoms with Crippen LogP contribution in [-0.2, 0) is 15.6 Å². The molecule has 0 atom stereocenters. The summed E-state index contributed by atoms with van der Waals surface area (Å²) >= 11 is 0. The molecule has 5 heteroatoms. The monoisotopic (exact) mass is 332 g/mol. The summed E-state index contributed by atoms with van der Waals surface area (Å²) in [4.78, 5) is 12.3. The smallest absolute Gasteiger partial charge is 0.343 e. The van der Waals surface area contributed by atoms with Gasteiger partial charge in [-0.3, -0.25) is 0 Å².